The van der Waals surface area contributed by atoms with Crippen LogP contribution in [0.25, 0.3) is 0 Å². The second kappa shape index (κ2) is 6.28. The SMILES string of the molecule is C/C=C(\C)C(NS(=O)(=O)c1ccc(C)cc1)c1ccco1. The first-order valence-electron chi connectivity index (χ1n) is 6.69. The molecule has 1 unspecified atom stereocenters. The monoisotopic (exact) mass is 305 g/mol. The van der Waals surface area contributed by atoms with Crippen molar-refractivity contribution in [2.24, 2.45) is 0 Å². The van der Waals surface area contributed by atoms with Gasteiger partial charge in [0.2, 0.25) is 10.0 Å². The van der Waals surface area contributed by atoms with Gasteiger partial charge >= 0.3 is 0 Å². The van der Waals surface area contributed by atoms with Gasteiger partial charge in [-0.15, -0.1) is 0 Å². The zero-order valence-electron chi connectivity index (χ0n) is 12.3. The molecule has 1 heterocycles. The van der Waals surface area contributed by atoms with E-state index in [2.05, 4.69) is 4.72 Å². The predicted octanol–water partition coefficient (Wildman–Crippen LogP) is 3.57. The van der Waals surface area contributed by atoms with E-state index in [1.165, 1.54) is 6.26 Å². The lowest BCUT2D eigenvalue weighted by Gasteiger charge is -2.17. The number of benzene rings is 1. The first kappa shape index (κ1) is 15.5. The highest BCUT2D eigenvalue weighted by atomic mass is 32.2. The number of aryl methyl sites for hydroxylation is 1. The van der Waals surface area contributed by atoms with E-state index in [1.807, 2.05) is 26.8 Å². The molecule has 0 amide bonds. The van der Waals surface area contributed by atoms with Crippen molar-refractivity contribution in [2.75, 3.05) is 0 Å². The molecule has 0 bridgehead atoms. The summed E-state index contributed by atoms with van der Waals surface area (Å²) in [5.74, 6) is 0.571. The first-order valence-corrected chi connectivity index (χ1v) is 8.17. The molecule has 0 radical (unpaired) electrons. The molecular weight excluding hydrogens is 286 g/mol. The third kappa shape index (κ3) is 3.62. The van der Waals surface area contributed by atoms with E-state index in [1.54, 1.807) is 36.4 Å². The van der Waals surface area contributed by atoms with Gasteiger partial charge in [-0.1, -0.05) is 29.3 Å². The van der Waals surface area contributed by atoms with Crippen LogP contribution in [0.2, 0.25) is 0 Å². The molecule has 1 atom stereocenters. The van der Waals surface area contributed by atoms with Crippen molar-refractivity contribution in [1.29, 1.82) is 0 Å². The second-order valence-electron chi connectivity index (χ2n) is 4.92. The average molecular weight is 305 g/mol. The lowest BCUT2D eigenvalue weighted by Crippen LogP contribution is -2.29. The predicted molar refractivity (Wildman–Crippen MR) is 82.4 cm³/mol. The molecular formula is C16H19NO3S. The van der Waals surface area contributed by atoms with Gasteiger partial charge in [0.05, 0.1) is 11.2 Å². The van der Waals surface area contributed by atoms with E-state index in [-0.39, 0.29) is 4.90 Å². The maximum absolute atomic E-state index is 12.5. The minimum atomic E-state index is -3.61. The summed E-state index contributed by atoms with van der Waals surface area (Å²) in [5.41, 5.74) is 1.89. The highest BCUT2D eigenvalue weighted by Crippen LogP contribution is 2.24. The Balaban J connectivity index is 2.34. The van der Waals surface area contributed by atoms with Crippen LogP contribution >= 0.6 is 0 Å². The van der Waals surface area contributed by atoms with Gasteiger partial charge < -0.3 is 4.42 Å². The van der Waals surface area contributed by atoms with Gasteiger partial charge in [0, 0.05) is 0 Å². The van der Waals surface area contributed by atoms with Gasteiger partial charge in [-0.05, 0) is 45.0 Å². The van der Waals surface area contributed by atoms with Crippen molar-refractivity contribution in [2.45, 2.75) is 31.7 Å². The van der Waals surface area contributed by atoms with E-state index in [4.69, 9.17) is 4.42 Å². The highest BCUT2D eigenvalue weighted by molar-refractivity contribution is 7.89. The van der Waals surface area contributed by atoms with Crippen LogP contribution < -0.4 is 4.72 Å². The summed E-state index contributed by atoms with van der Waals surface area (Å²) in [6, 6.07) is 9.75. The van der Waals surface area contributed by atoms with Crippen molar-refractivity contribution >= 4 is 10.0 Å². The zero-order valence-corrected chi connectivity index (χ0v) is 13.1. The van der Waals surface area contributed by atoms with Crippen molar-refractivity contribution in [3.63, 3.8) is 0 Å². The minimum absolute atomic E-state index is 0.244. The molecule has 2 rings (SSSR count). The van der Waals surface area contributed by atoms with Crippen LogP contribution in [0, 0.1) is 6.92 Å². The average Bonchev–Trinajstić information content (AvgIpc) is 2.98. The molecule has 112 valence electrons. The van der Waals surface area contributed by atoms with E-state index >= 15 is 0 Å². The molecule has 2 aromatic rings. The molecule has 0 aliphatic carbocycles. The van der Waals surface area contributed by atoms with Crippen LogP contribution in [0.5, 0.6) is 0 Å². The lowest BCUT2D eigenvalue weighted by atomic mass is 10.1. The second-order valence-corrected chi connectivity index (χ2v) is 6.63. The topological polar surface area (TPSA) is 59.3 Å². The number of allylic oxidation sites excluding steroid dienone is 1. The van der Waals surface area contributed by atoms with Crippen LogP contribution in [0.1, 0.15) is 31.2 Å². The molecule has 0 spiro atoms. The Morgan fingerprint density at radius 3 is 2.43 bits per heavy atom. The quantitative estimate of drug-likeness (QED) is 0.859. The fourth-order valence-electron chi connectivity index (χ4n) is 1.94. The van der Waals surface area contributed by atoms with Gasteiger partial charge in [0.1, 0.15) is 11.8 Å². The largest absolute Gasteiger partial charge is 0.467 e. The summed E-state index contributed by atoms with van der Waals surface area (Å²) in [5, 5.41) is 0. The highest BCUT2D eigenvalue weighted by Gasteiger charge is 2.24. The van der Waals surface area contributed by atoms with Crippen LogP contribution in [-0.4, -0.2) is 8.42 Å². The summed E-state index contributed by atoms with van der Waals surface area (Å²) in [6.07, 6.45) is 3.40. The van der Waals surface area contributed by atoms with Crippen LogP contribution in [0.4, 0.5) is 0 Å². The van der Waals surface area contributed by atoms with Gasteiger partial charge in [0.25, 0.3) is 0 Å². The minimum Gasteiger partial charge on any atom is -0.467 e. The van der Waals surface area contributed by atoms with Crippen molar-refractivity contribution in [3.8, 4) is 0 Å². The van der Waals surface area contributed by atoms with Crippen LogP contribution in [-0.2, 0) is 10.0 Å². The number of sulfonamides is 1. The Bertz CT molecular complexity index is 713. The lowest BCUT2D eigenvalue weighted by molar-refractivity contribution is 0.468. The molecule has 1 aromatic heterocycles. The summed E-state index contributed by atoms with van der Waals surface area (Å²) >= 11 is 0. The van der Waals surface area contributed by atoms with Gasteiger partial charge in [-0.25, -0.2) is 8.42 Å². The first-order chi connectivity index (χ1) is 9.94. The molecule has 21 heavy (non-hydrogen) atoms. The number of rotatable bonds is 5. The van der Waals surface area contributed by atoms with Gasteiger partial charge in [0.15, 0.2) is 0 Å². The third-order valence-electron chi connectivity index (χ3n) is 3.34. The number of hydrogen-bond acceptors (Lipinski definition) is 3. The van der Waals surface area contributed by atoms with Crippen molar-refractivity contribution in [3.05, 3.63) is 65.6 Å². The maximum atomic E-state index is 12.5. The normalized spacial score (nSPS) is 14.1. The van der Waals surface area contributed by atoms with Crippen LogP contribution in [0.3, 0.4) is 0 Å². The van der Waals surface area contributed by atoms with E-state index in [0.29, 0.717) is 5.76 Å². The Labute approximate surface area is 125 Å². The number of furan rings is 1. The Kier molecular flexibility index (Phi) is 4.65. The van der Waals surface area contributed by atoms with Gasteiger partial charge in [-0.2, -0.15) is 4.72 Å². The summed E-state index contributed by atoms with van der Waals surface area (Å²) in [7, 11) is -3.61. The third-order valence-corrected chi connectivity index (χ3v) is 4.78. The molecule has 1 N–H and O–H groups in total. The maximum Gasteiger partial charge on any atom is 0.241 e. The van der Waals surface area contributed by atoms with E-state index < -0.39 is 16.1 Å². The summed E-state index contributed by atoms with van der Waals surface area (Å²) < 4.78 is 33.0. The summed E-state index contributed by atoms with van der Waals surface area (Å²) in [4.78, 5) is 0.244. The standard InChI is InChI=1S/C16H19NO3S/c1-4-13(3)16(15-6-5-11-20-15)17-21(18,19)14-9-7-12(2)8-10-14/h4-11,16-17H,1-3H3/b13-4+. The van der Waals surface area contributed by atoms with Crippen molar-refractivity contribution in [1.82, 2.24) is 4.72 Å². The zero-order chi connectivity index (χ0) is 15.5. The fourth-order valence-corrected chi connectivity index (χ4v) is 3.18. The molecule has 0 saturated carbocycles. The Hall–Kier alpha value is -1.85. The van der Waals surface area contributed by atoms with Gasteiger partial charge in [-0.3, -0.25) is 0 Å². The molecule has 0 aliphatic heterocycles. The number of hydrogen-bond donors (Lipinski definition) is 1. The molecule has 0 fully saturated rings. The Morgan fingerprint density at radius 1 is 1.24 bits per heavy atom. The van der Waals surface area contributed by atoms with Crippen molar-refractivity contribution < 1.29 is 12.8 Å². The number of nitrogens with one attached hydrogen (secondary N) is 1. The fraction of sp³-hybridized carbons (Fsp3) is 0.250. The van der Waals surface area contributed by atoms with Crippen LogP contribution in [0.15, 0.2) is 63.6 Å². The molecule has 0 saturated heterocycles. The molecule has 4 nitrogen and oxygen atoms in total. The smallest absolute Gasteiger partial charge is 0.241 e. The summed E-state index contributed by atoms with van der Waals surface area (Å²) in [6.45, 7) is 5.65. The molecule has 1 aromatic carbocycles. The van der Waals surface area contributed by atoms with E-state index in [9.17, 15) is 8.42 Å². The molecule has 5 heteroatoms. The van der Waals surface area contributed by atoms with E-state index in [0.717, 1.165) is 11.1 Å². The Morgan fingerprint density at radius 2 is 1.90 bits per heavy atom. The molecule has 0 aliphatic rings.